The summed E-state index contributed by atoms with van der Waals surface area (Å²) in [4.78, 5) is 30.4. The molecule has 0 spiro atoms. The summed E-state index contributed by atoms with van der Waals surface area (Å²) >= 11 is 0. The van der Waals surface area contributed by atoms with Crippen molar-refractivity contribution in [3.05, 3.63) is 47.8 Å². The van der Waals surface area contributed by atoms with E-state index < -0.39 is 17.6 Å². The van der Waals surface area contributed by atoms with Crippen LogP contribution in [0.15, 0.2) is 36.5 Å². The highest BCUT2D eigenvalue weighted by Crippen LogP contribution is 2.24. The lowest BCUT2D eigenvalue weighted by molar-refractivity contribution is 0.0647. The highest BCUT2D eigenvalue weighted by atomic mass is 16.4. The number of nitrogens with zero attached hydrogens (tertiary/aromatic N) is 2. The zero-order valence-electron chi connectivity index (χ0n) is 10.1. The summed E-state index contributed by atoms with van der Waals surface area (Å²) in [5.41, 5.74) is 0.305. The Morgan fingerprint density at radius 2 is 1.85 bits per heavy atom. The van der Waals surface area contributed by atoms with Crippen LogP contribution in [0.4, 0.5) is 0 Å². The van der Waals surface area contributed by atoms with E-state index in [-0.39, 0.29) is 5.56 Å². The number of pyridine rings is 2. The van der Waals surface area contributed by atoms with Gasteiger partial charge in [-0.25, -0.2) is 14.6 Å². The number of carboxylic acid groups (broad SMARTS) is 2. The van der Waals surface area contributed by atoms with Crippen LogP contribution in [0, 0.1) is 0 Å². The molecule has 0 fully saturated rings. The minimum Gasteiger partial charge on any atom is -0.478 e. The van der Waals surface area contributed by atoms with Crippen LogP contribution in [0.2, 0.25) is 0 Å². The van der Waals surface area contributed by atoms with E-state index in [2.05, 4.69) is 9.97 Å². The molecule has 3 rings (SSSR count). The molecular formula is C14H8N2O4. The first-order chi connectivity index (χ1) is 9.58. The van der Waals surface area contributed by atoms with Gasteiger partial charge in [0.1, 0.15) is 0 Å². The molecule has 0 saturated heterocycles. The van der Waals surface area contributed by atoms with Crippen molar-refractivity contribution in [1.29, 1.82) is 0 Å². The van der Waals surface area contributed by atoms with Gasteiger partial charge in [0.2, 0.25) is 0 Å². The summed E-state index contributed by atoms with van der Waals surface area (Å²) in [6.07, 6.45) is 1.62. The number of aromatic nitrogens is 2. The van der Waals surface area contributed by atoms with Gasteiger partial charge in [0, 0.05) is 17.0 Å². The molecule has 0 amide bonds. The molecular weight excluding hydrogens is 260 g/mol. The summed E-state index contributed by atoms with van der Waals surface area (Å²) < 4.78 is 0. The van der Waals surface area contributed by atoms with Crippen molar-refractivity contribution < 1.29 is 19.8 Å². The highest BCUT2D eigenvalue weighted by molar-refractivity contribution is 6.09. The Bertz CT molecular complexity index is 874. The zero-order chi connectivity index (χ0) is 14.3. The van der Waals surface area contributed by atoms with Crippen LogP contribution in [-0.2, 0) is 0 Å². The number of aromatic carboxylic acids is 2. The molecule has 20 heavy (non-hydrogen) atoms. The number of rotatable bonds is 2. The maximum absolute atomic E-state index is 11.2. The molecule has 6 heteroatoms. The van der Waals surface area contributed by atoms with Crippen molar-refractivity contribution in [3.63, 3.8) is 0 Å². The van der Waals surface area contributed by atoms with E-state index in [0.717, 1.165) is 0 Å². The molecule has 6 nitrogen and oxygen atoms in total. The number of fused-ring (bicyclic) bond motifs is 3. The number of hydrogen-bond donors (Lipinski definition) is 2. The lowest BCUT2D eigenvalue weighted by atomic mass is 10.1. The standard InChI is InChI=1S/C14H8N2O4/c17-13(18)9-6-7-3-4-10-8(2-1-5-15-10)11(7)16-12(9)14(19)20/h1-6H,(H,17,18)(H,19,20). The lowest BCUT2D eigenvalue weighted by Crippen LogP contribution is -2.10. The normalized spacial score (nSPS) is 10.8. The van der Waals surface area contributed by atoms with Crippen LogP contribution < -0.4 is 0 Å². The number of hydrogen-bond acceptors (Lipinski definition) is 4. The summed E-state index contributed by atoms with van der Waals surface area (Å²) in [6, 6.07) is 8.22. The van der Waals surface area contributed by atoms with Gasteiger partial charge < -0.3 is 10.2 Å². The molecule has 0 aliphatic heterocycles. The molecule has 0 bridgehead atoms. The molecule has 0 unspecified atom stereocenters. The van der Waals surface area contributed by atoms with Gasteiger partial charge in [0.15, 0.2) is 5.69 Å². The third-order valence-electron chi connectivity index (χ3n) is 3.00. The predicted molar refractivity (Wildman–Crippen MR) is 71.0 cm³/mol. The molecule has 0 aliphatic carbocycles. The molecule has 2 N–H and O–H groups in total. The maximum Gasteiger partial charge on any atom is 0.355 e. The van der Waals surface area contributed by atoms with E-state index >= 15 is 0 Å². The molecule has 3 aromatic rings. The second-order valence-corrected chi connectivity index (χ2v) is 4.20. The van der Waals surface area contributed by atoms with Crippen LogP contribution in [0.3, 0.4) is 0 Å². The second kappa shape index (κ2) is 4.27. The Morgan fingerprint density at radius 3 is 2.55 bits per heavy atom. The minimum atomic E-state index is -1.37. The largest absolute Gasteiger partial charge is 0.478 e. The van der Waals surface area contributed by atoms with Gasteiger partial charge in [-0.05, 0) is 24.3 Å². The Labute approximate surface area is 112 Å². The third-order valence-corrected chi connectivity index (χ3v) is 3.00. The van der Waals surface area contributed by atoms with E-state index in [9.17, 15) is 9.59 Å². The molecule has 0 aliphatic rings. The fourth-order valence-corrected chi connectivity index (χ4v) is 2.12. The van der Waals surface area contributed by atoms with Crippen LogP contribution in [0.5, 0.6) is 0 Å². The quantitative estimate of drug-likeness (QED) is 0.691. The molecule has 98 valence electrons. The van der Waals surface area contributed by atoms with E-state index in [1.807, 2.05) is 0 Å². The average molecular weight is 268 g/mol. The van der Waals surface area contributed by atoms with E-state index in [4.69, 9.17) is 10.2 Å². The van der Waals surface area contributed by atoms with Crippen molar-refractivity contribution in [2.75, 3.05) is 0 Å². The number of benzene rings is 1. The summed E-state index contributed by atoms with van der Waals surface area (Å²) in [6.45, 7) is 0. The minimum absolute atomic E-state index is 0.326. The van der Waals surface area contributed by atoms with Crippen LogP contribution in [-0.4, -0.2) is 32.1 Å². The fourth-order valence-electron chi connectivity index (χ4n) is 2.12. The molecule has 0 saturated carbocycles. The monoisotopic (exact) mass is 268 g/mol. The van der Waals surface area contributed by atoms with Crippen LogP contribution >= 0.6 is 0 Å². The van der Waals surface area contributed by atoms with Gasteiger partial charge in [0.25, 0.3) is 0 Å². The van der Waals surface area contributed by atoms with Crippen LogP contribution in [0.25, 0.3) is 21.8 Å². The molecule has 2 heterocycles. The second-order valence-electron chi connectivity index (χ2n) is 4.20. The molecule has 1 aromatic carbocycles. The van der Waals surface area contributed by atoms with E-state index in [0.29, 0.717) is 21.8 Å². The van der Waals surface area contributed by atoms with Crippen molar-refractivity contribution in [3.8, 4) is 0 Å². The first-order valence-electron chi connectivity index (χ1n) is 5.73. The lowest BCUT2D eigenvalue weighted by Gasteiger charge is -2.06. The van der Waals surface area contributed by atoms with Gasteiger partial charge in [-0.15, -0.1) is 0 Å². The van der Waals surface area contributed by atoms with Gasteiger partial charge in [-0.2, -0.15) is 0 Å². The summed E-state index contributed by atoms with van der Waals surface area (Å²) in [7, 11) is 0. The number of carboxylic acids is 2. The average Bonchev–Trinajstić information content (AvgIpc) is 2.45. The third kappa shape index (κ3) is 1.74. The Hall–Kier alpha value is -3.02. The first-order valence-corrected chi connectivity index (χ1v) is 5.73. The molecule has 0 radical (unpaired) electrons. The summed E-state index contributed by atoms with van der Waals surface area (Å²) in [5.74, 6) is -2.69. The van der Waals surface area contributed by atoms with Crippen molar-refractivity contribution in [1.82, 2.24) is 9.97 Å². The zero-order valence-corrected chi connectivity index (χ0v) is 10.1. The fraction of sp³-hybridized carbons (Fsp3) is 0. The molecule has 2 aromatic heterocycles. The highest BCUT2D eigenvalue weighted by Gasteiger charge is 2.19. The molecule has 0 atom stereocenters. The van der Waals surface area contributed by atoms with Crippen molar-refractivity contribution in [2.45, 2.75) is 0 Å². The van der Waals surface area contributed by atoms with E-state index in [1.54, 1.807) is 30.5 Å². The van der Waals surface area contributed by atoms with Gasteiger partial charge in [0.05, 0.1) is 16.6 Å². The predicted octanol–water partition coefficient (Wildman–Crippen LogP) is 2.18. The maximum atomic E-state index is 11.2. The van der Waals surface area contributed by atoms with E-state index in [1.165, 1.54) is 6.07 Å². The Balaban J connectivity index is 2.48. The van der Waals surface area contributed by atoms with Gasteiger partial charge >= 0.3 is 11.9 Å². The SMILES string of the molecule is O=C(O)c1cc2ccc3ncccc3c2nc1C(=O)O. The van der Waals surface area contributed by atoms with Gasteiger partial charge in [-0.1, -0.05) is 6.07 Å². The summed E-state index contributed by atoms with van der Waals surface area (Å²) in [5, 5.41) is 19.4. The van der Waals surface area contributed by atoms with Crippen molar-refractivity contribution >= 4 is 33.7 Å². The van der Waals surface area contributed by atoms with Gasteiger partial charge in [-0.3, -0.25) is 4.98 Å². The van der Waals surface area contributed by atoms with Crippen LogP contribution in [0.1, 0.15) is 20.8 Å². The first kappa shape index (κ1) is 12.0. The smallest absolute Gasteiger partial charge is 0.355 e. The van der Waals surface area contributed by atoms with Crippen molar-refractivity contribution in [2.24, 2.45) is 0 Å². The number of carbonyl (C=O) groups is 2. The Kier molecular flexibility index (Phi) is 2.57. The topological polar surface area (TPSA) is 100 Å². The Morgan fingerprint density at radius 1 is 1.05 bits per heavy atom.